The minimum Gasteiger partial charge on any atom is -0.487 e. The lowest BCUT2D eigenvalue weighted by molar-refractivity contribution is -0.123. The molecule has 40 heavy (non-hydrogen) atoms. The molecule has 0 unspecified atom stereocenters. The first-order valence-corrected chi connectivity index (χ1v) is 14.9. The second-order valence-electron chi connectivity index (χ2n) is 9.58. The first-order chi connectivity index (χ1) is 19.3. The molecule has 0 aliphatic rings. The van der Waals surface area contributed by atoms with Gasteiger partial charge in [0.15, 0.2) is 0 Å². The average Bonchev–Trinajstić information content (AvgIpc) is 3.34. The maximum atomic E-state index is 13.1. The highest BCUT2D eigenvalue weighted by atomic mass is 127. The number of alkyl carbamates (subject to hydrolysis) is 1. The van der Waals surface area contributed by atoms with Crippen LogP contribution in [0.2, 0.25) is 0 Å². The number of nitrogens with one attached hydrogen (secondary N) is 3. The van der Waals surface area contributed by atoms with Gasteiger partial charge in [0.1, 0.15) is 18.4 Å². The molecule has 0 spiro atoms. The maximum absolute atomic E-state index is 13.1. The van der Waals surface area contributed by atoms with Crippen molar-refractivity contribution in [1.82, 2.24) is 15.7 Å². The number of hydrogen-bond donors (Lipinski definition) is 3. The summed E-state index contributed by atoms with van der Waals surface area (Å²) in [5.41, 5.74) is 6.33. The largest absolute Gasteiger partial charge is 0.487 e. The zero-order valence-corrected chi connectivity index (χ0v) is 26.4. The van der Waals surface area contributed by atoms with Gasteiger partial charge >= 0.3 is 6.09 Å². The molecule has 3 aromatic carbocycles. The van der Waals surface area contributed by atoms with Crippen LogP contribution in [0.15, 0.2) is 78.0 Å². The van der Waals surface area contributed by atoms with Gasteiger partial charge in [-0.15, -0.1) is 0 Å². The van der Waals surface area contributed by atoms with Gasteiger partial charge in [-0.05, 0) is 86.0 Å². The molecule has 0 aliphatic heterocycles. The topological polar surface area (TPSA) is 105 Å². The lowest BCUT2D eigenvalue weighted by Gasteiger charge is -2.17. The van der Waals surface area contributed by atoms with Gasteiger partial charge in [-0.25, -0.2) is 10.2 Å². The Morgan fingerprint density at radius 2 is 1.73 bits per heavy atom. The highest BCUT2D eigenvalue weighted by Gasteiger charge is 2.23. The minimum atomic E-state index is -0.884. The highest BCUT2D eigenvalue weighted by Crippen LogP contribution is 2.29. The summed E-state index contributed by atoms with van der Waals surface area (Å²) in [5.74, 6) is 0.529. The third kappa shape index (κ3) is 8.43. The summed E-state index contributed by atoms with van der Waals surface area (Å²) in [7, 11) is 0. The molecule has 0 fully saturated rings. The highest BCUT2D eigenvalue weighted by molar-refractivity contribution is 14.1. The molecule has 1 atom stereocenters. The summed E-state index contributed by atoms with van der Waals surface area (Å²) in [6.07, 6.45) is 3.04. The summed E-state index contributed by atoms with van der Waals surface area (Å²) in [6.45, 7) is 4.62. The van der Waals surface area contributed by atoms with Gasteiger partial charge in [-0.2, -0.15) is 5.10 Å². The van der Waals surface area contributed by atoms with Gasteiger partial charge in [-0.1, -0.05) is 62.4 Å². The van der Waals surface area contributed by atoms with Crippen LogP contribution >= 0.6 is 45.2 Å². The Morgan fingerprint density at radius 3 is 2.45 bits per heavy atom. The van der Waals surface area contributed by atoms with Gasteiger partial charge < -0.3 is 19.8 Å². The fourth-order valence-electron chi connectivity index (χ4n) is 3.93. The lowest BCUT2D eigenvalue weighted by atomic mass is 10.0. The first-order valence-electron chi connectivity index (χ1n) is 12.8. The summed E-state index contributed by atoms with van der Waals surface area (Å²) < 4.78 is 13.2. The zero-order valence-electron chi connectivity index (χ0n) is 22.1. The Labute approximate surface area is 260 Å². The van der Waals surface area contributed by atoms with Crippen molar-refractivity contribution in [2.75, 3.05) is 6.61 Å². The Hall–Kier alpha value is -3.13. The molecule has 0 bridgehead atoms. The van der Waals surface area contributed by atoms with E-state index in [1.165, 1.54) is 0 Å². The molecular weight excluding hydrogens is 734 g/mol. The van der Waals surface area contributed by atoms with Crippen molar-refractivity contribution in [3.8, 4) is 5.75 Å². The number of rotatable bonds is 11. The van der Waals surface area contributed by atoms with E-state index in [9.17, 15) is 9.59 Å². The molecule has 4 aromatic rings. The number of halogens is 2. The SMILES string of the molecule is CC(C)COC(=O)N[C@@H](Cc1c[nH]c2ccccc12)C(=O)N/N=C\c1cc(I)c(OCc2ccccc2)c(I)c1. The molecule has 208 valence electrons. The Morgan fingerprint density at radius 1 is 1.02 bits per heavy atom. The number of fused-ring (bicyclic) bond motifs is 1. The second kappa shape index (κ2) is 14.5. The van der Waals surface area contributed by atoms with Crippen molar-refractivity contribution in [3.63, 3.8) is 0 Å². The van der Waals surface area contributed by atoms with Crippen LogP contribution in [0, 0.1) is 13.1 Å². The summed E-state index contributed by atoms with van der Waals surface area (Å²) >= 11 is 4.46. The Bertz CT molecular complexity index is 1460. The first kappa shape index (κ1) is 29.8. The molecule has 3 N–H and O–H groups in total. The summed E-state index contributed by atoms with van der Waals surface area (Å²) in [4.78, 5) is 28.8. The number of amides is 2. The van der Waals surface area contributed by atoms with E-state index in [0.717, 1.165) is 40.5 Å². The van der Waals surface area contributed by atoms with Gasteiger partial charge in [-0.3, -0.25) is 4.79 Å². The predicted octanol–water partition coefficient (Wildman–Crippen LogP) is 6.40. The normalized spacial score (nSPS) is 12.0. The van der Waals surface area contributed by atoms with E-state index in [0.29, 0.717) is 6.61 Å². The van der Waals surface area contributed by atoms with Gasteiger partial charge in [0.2, 0.25) is 0 Å². The van der Waals surface area contributed by atoms with Crippen molar-refractivity contribution in [1.29, 1.82) is 0 Å². The van der Waals surface area contributed by atoms with E-state index >= 15 is 0 Å². The van der Waals surface area contributed by atoms with Crippen LogP contribution in [-0.2, 0) is 22.6 Å². The third-order valence-corrected chi connectivity index (χ3v) is 7.49. The number of hydrazone groups is 1. The van der Waals surface area contributed by atoms with E-state index in [2.05, 4.69) is 66.0 Å². The van der Waals surface area contributed by atoms with Crippen LogP contribution in [0.5, 0.6) is 5.75 Å². The number of hydrogen-bond acceptors (Lipinski definition) is 5. The van der Waals surface area contributed by atoms with E-state index in [1.54, 1.807) is 6.21 Å². The standard InChI is InChI=1S/C30H30I2N4O4/c1-19(2)17-40-30(38)35-27(14-22-16-33-26-11-7-6-10-23(22)26)29(37)36-34-15-21-12-24(31)28(25(32)13-21)39-18-20-8-4-3-5-9-20/h3-13,15-16,19,27,33H,14,17-18H2,1-2H3,(H,35,38)(H,36,37)/b34-15-/t27-/m0/s1. The fraction of sp³-hybridized carbons (Fsp3) is 0.233. The van der Waals surface area contributed by atoms with Crippen LogP contribution < -0.4 is 15.5 Å². The number of aromatic amines is 1. The number of para-hydroxylation sites is 1. The molecule has 4 rings (SSSR count). The second-order valence-corrected chi connectivity index (χ2v) is 11.9. The quantitative estimate of drug-likeness (QED) is 0.0935. The molecule has 2 amide bonds. The zero-order chi connectivity index (χ0) is 28.5. The third-order valence-electron chi connectivity index (χ3n) is 5.89. The molecule has 0 saturated carbocycles. The molecule has 0 radical (unpaired) electrons. The number of benzene rings is 3. The molecule has 10 heteroatoms. The Kier molecular flexibility index (Phi) is 10.8. The van der Waals surface area contributed by atoms with Crippen LogP contribution in [0.4, 0.5) is 4.79 Å². The van der Waals surface area contributed by atoms with Crippen LogP contribution in [0.25, 0.3) is 10.9 Å². The van der Waals surface area contributed by atoms with Crippen molar-refractivity contribution < 1.29 is 19.1 Å². The van der Waals surface area contributed by atoms with Gasteiger partial charge in [0.25, 0.3) is 5.91 Å². The van der Waals surface area contributed by atoms with Gasteiger partial charge in [0.05, 0.1) is 20.0 Å². The molecular formula is C30H30I2N4O4. The monoisotopic (exact) mass is 764 g/mol. The Balaban J connectivity index is 1.43. The molecule has 8 nitrogen and oxygen atoms in total. The van der Waals surface area contributed by atoms with E-state index in [-0.39, 0.29) is 18.9 Å². The number of aromatic nitrogens is 1. The smallest absolute Gasteiger partial charge is 0.407 e. The number of ether oxygens (including phenoxy) is 2. The van der Waals surface area contributed by atoms with E-state index in [1.807, 2.05) is 86.8 Å². The summed E-state index contributed by atoms with van der Waals surface area (Å²) in [6, 6.07) is 20.8. The fourth-order valence-corrected chi connectivity index (χ4v) is 6.05. The van der Waals surface area contributed by atoms with Crippen LogP contribution in [-0.4, -0.2) is 35.8 Å². The van der Waals surface area contributed by atoms with E-state index in [4.69, 9.17) is 9.47 Å². The number of H-pyrrole nitrogens is 1. The predicted molar refractivity (Wildman–Crippen MR) is 173 cm³/mol. The minimum absolute atomic E-state index is 0.178. The number of carbonyl (C=O) groups excluding carboxylic acids is 2. The number of nitrogens with zero attached hydrogens (tertiary/aromatic N) is 1. The van der Waals surface area contributed by atoms with Crippen molar-refractivity contribution >= 4 is 74.3 Å². The average molecular weight is 764 g/mol. The molecule has 0 saturated heterocycles. The van der Waals surface area contributed by atoms with Crippen LogP contribution in [0.3, 0.4) is 0 Å². The maximum Gasteiger partial charge on any atom is 0.407 e. The molecule has 1 heterocycles. The lowest BCUT2D eigenvalue weighted by Crippen LogP contribution is -2.47. The van der Waals surface area contributed by atoms with Gasteiger partial charge in [0, 0.05) is 23.5 Å². The number of carbonyl (C=O) groups is 2. The van der Waals surface area contributed by atoms with Crippen molar-refractivity contribution in [3.05, 3.63) is 96.8 Å². The van der Waals surface area contributed by atoms with Crippen molar-refractivity contribution in [2.24, 2.45) is 11.0 Å². The summed E-state index contributed by atoms with van der Waals surface area (Å²) in [5, 5.41) is 7.85. The van der Waals surface area contributed by atoms with E-state index < -0.39 is 18.0 Å². The van der Waals surface area contributed by atoms with Crippen molar-refractivity contribution in [2.45, 2.75) is 32.9 Å². The van der Waals surface area contributed by atoms with Crippen LogP contribution in [0.1, 0.15) is 30.5 Å². The molecule has 0 aliphatic carbocycles. The molecule has 1 aromatic heterocycles.